The first-order valence-corrected chi connectivity index (χ1v) is 13.5. The van der Waals surface area contributed by atoms with Crippen molar-refractivity contribution in [3.05, 3.63) is 60.0 Å². The molecule has 2 aromatic carbocycles. The fraction of sp³-hybridized carbons (Fsp3) is 0.400. The molecule has 2 aliphatic rings. The maximum absolute atomic E-state index is 13.3. The van der Waals surface area contributed by atoms with E-state index in [1.54, 1.807) is 12.1 Å². The molecule has 0 atom stereocenters. The van der Waals surface area contributed by atoms with Crippen molar-refractivity contribution < 1.29 is 27.1 Å². The van der Waals surface area contributed by atoms with Crippen LogP contribution in [-0.4, -0.2) is 68.3 Å². The van der Waals surface area contributed by atoms with Crippen molar-refractivity contribution in [1.82, 2.24) is 14.5 Å². The van der Waals surface area contributed by atoms with Gasteiger partial charge in [0.1, 0.15) is 0 Å². The first kappa shape index (κ1) is 24.4. The molecular weight excluding hydrogens is 484 g/mol. The van der Waals surface area contributed by atoms with Crippen LogP contribution in [0.15, 0.2) is 57.8 Å². The summed E-state index contributed by atoms with van der Waals surface area (Å²) in [5.41, 5.74) is 1.54. The van der Waals surface area contributed by atoms with E-state index in [0.717, 1.165) is 24.8 Å². The predicted molar refractivity (Wildman–Crippen MR) is 131 cm³/mol. The molecule has 0 bridgehead atoms. The highest BCUT2D eigenvalue weighted by atomic mass is 32.2. The smallest absolute Gasteiger partial charge is 0.340 e. The third-order valence-corrected chi connectivity index (χ3v) is 8.20. The topological polar surface area (TPSA) is 115 Å². The summed E-state index contributed by atoms with van der Waals surface area (Å²) in [6.45, 7) is 2.94. The minimum atomic E-state index is -3.72. The second-order valence-corrected chi connectivity index (χ2v) is 10.6. The van der Waals surface area contributed by atoms with Crippen molar-refractivity contribution in [3.63, 3.8) is 0 Å². The number of aromatic nitrogens is 2. The summed E-state index contributed by atoms with van der Waals surface area (Å²) in [5, 5.41) is 7.98. The van der Waals surface area contributed by atoms with Crippen LogP contribution in [-0.2, 0) is 26.1 Å². The molecule has 5 rings (SSSR count). The monoisotopic (exact) mass is 512 g/mol. The van der Waals surface area contributed by atoms with Crippen LogP contribution >= 0.6 is 0 Å². The van der Waals surface area contributed by atoms with Gasteiger partial charge >= 0.3 is 5.97 Å². The van der Waals surface area contributed by atoms with Crippen molar-refractivity contribution in [1.29, 1.82) is 0 Å². The van der Waals surface area contributed by atoms with Crippen LogP contribution in [0.2, 0.25) is 0 Å². The van der Waals surface area contributed by atoms with Gasteiger partial charge in [-0.15, -0.1) is 10.2 Å². The lowest BCUT2D eigenvalue weighted by atomic mass is 10.1. The Morgan fingerprint density at radius 3 is 2.44 bits per heavy atom. The van der Waals surface area contributed by atoms with Crippen molar-refractivity contribution in [3.8, 4) is 11.5 Å². The van der Waals surface area contributed by atoms with Gasteiger partial charge in [-0.25, -0.2) is 13.2 Å². The summed E-state index contributed by atoms with van der Waals surface area (Å²) in [6, 6.07) is 13.9. The van der Waals surface area contributed by atoms with Crippen LogP contribution in [0.4, 0.5) is 5.69 Å². The van der Waals surface area contributed by atoms with Gasteiger partial charge in [0.15, 0.2) is 6.61 Å². The fourth-order valence-electron chi connectivity index (χ4n) is 4.39. The second kappa shape index (κ2) is 10.8. The molecule has 3 aromatic rings. The highest BCUT2D eigenvalue weighted by Crippen LogP contribution is 2.29. The molecule has 0 unspecified atom stereocenters. The zero-order valence-corrected chi connectivity index (χ0v) is 20.7. The Labute approximate surface area is 209 Å². The zero-order chi connectivity index (χ0) is 25.0. The Balaban J connectivity index is 1.39. The molecule has 10 nitrogen and oxygen atoms in total. The van der Waals surface area contributed by atoms with Gasteiger partial charge in [0, 0.05) is 31.7 Å². The van der Waals surface area contributed by atoms with E-state index in [1.807, 2.05) is 35.2 Å². The van der Waals surface area contributed by atoms with E-state index in [9.17, 15) is 13.2 Å². The van der Waals surface area contributed by atoms with Gasteiger partial charge in [-0.2, -0.15) is 4.31 Å². The Morgan fingerprint density at radius 2 is 1.69 bits per heavy atom. The number of hydrogen-bond donors (Lipinski definition) is 0. The Morgan fingerprint density at radius 1 is 0.944 bits per heavy atom. The van der Waals surface area contributed by atoms with Gasteiger partial charge in [0.05, 0.1) is 29.4 Å². The third-order valence-electron chi connectivity index (χ3n) is 6.31. The van der Waals surface area contributed by atoms with Crippen molar-refractivity contribution in [2.24, 2.45) is 0 Å². The van der Waals surface area contributed by atoms with E-state index < -0.39 is 16.0 Å². The lowest BCUT2D eigenvalue weighted by Crippen LogP contribution is -2.38. The summed E-state index contributed by atoms with van der Waals surface area (Å²) in [5.74, 6) is -0.191. The first-order valence-electron chi connectivity index (χ1n) is 12.0. The van der Waals surface area contributed by atoms with Crippen molar-refractivity contribution in [2.75, 3.05) is 44.3 Å². The number of nitrogens with zero attached hydrogens (tertiary/aromatic N) is 4. The molecule has 36 heavy (non-hydrogen) atoms. The molecule has 0 amide bonds. The average molecular weight is 513 g/mol. The quantitative estimate of drug-likeness (QED) is 0.440. The molecule has 2 fully saturated rings. The highest BCUT2D eigenvalue weighted by molar-refractivity contribution is 7.89. The van der Waals surface area contributed by atoms with Gasteiger partial charge in [-0.1, -0.05) is 24.6 Å². The van der Waals surface area contributed by atoms with Crippen LogP contribution in [0.5, 0.6) is 0 Å². The number of morpholine rings is 1. The Hall–Kier alpha value is -3.28. The summed E-state index contributed by atoms with van der Waals surface area (Å²) in [6.07, 6.45) is 2.67. The van der Waals surface area contributed by atoms with Crippen LogP contribution in [0, 0.1) is 0 Å². The SMILES string of the molecule is O=C(OCc1nnc(-c2ccccc2)o1)c1cc(S(=O)(=O)N2CCCCC2)ccc1N1CCOCC1. The van der Waals surface area contributed by atoms with E-state index in [4.69, 9.17) is 13.9 Å². The lowest BCUT2D eigenvalue weighted by molar-refractivity contribution is 0.0438. The number of anilines is 1. The normalized spacial score (nSPS) is 17.2. The predicted octanol–water partition coefficient (Wildman–Crippen LogP) is 3.10. The molecule has 0 spiro atoms. The minimum absolute atomic E-state index is 0.0810. The molecule has 0 N–H and O–H groups in total. The van der Waals surface area contributed by atoms with E-state index in [-0.39, 0.29) is 23.0 Å². The highest BCUT2D eigenvalue weighted by Gasteiger charge is 2.29. The molecule has 0 aliphatic carbocycles. The van der Waals surface area contributed by atoms with E-state index in [0.29, 0.717) is 51.0 Å². The van der Waals surface area contributed by atoms with Crippen molar-refractivity contribution in [2.45, 2.75) is 30.8 Å². The maximum atomic E-state index is 13.3. The van der Waals surface area contributed by atoms with Crippen LogP contribution in [0.3, 0.4) is 0 Å². The molecule has 3 heterocycles. The standard InChI is InChI=1S/C25H28N4O6S/c30-25(34-18-23-26-27-24(35-23)19-7-3-1-4-8-19)21-17-20(36(31,32)29-11-5-2-6-12-29)9-10-22(21)28-13-15-33-16-14-28/h1,3-4,7-10,17H,2,5-6,11-16,18H2. The second-order valence-electron chi connectivity index (χ2n) is 8.69. The van der Waals surface area contributed by atoms with Gasteiger partial charge in [-0.3, -0.25) is 0 Å². The third kappa shape index (κ3) is 5.28. The number of ether oxygens (including phenoxy) is 2. The van der Waals surface area contributed by atoms with Crippen molar-refractivity contribution >= 4 is 21.7 Å². The van der Waals surface area contributed by atoms with E-state index in [2.05, 4.69) is 10.2 Å². The summed E-state index contributed by atoms with van der Waals surface area (Å²) < 4.78 is 44.6. The number of piperidine rings is 1. The van der Waals surface area contributed by atoms with E-state index in [1.165, 1.54) is 10.4 Å². The Bertz CT molecular complexity index is 1300. The number of esters is 1. The summed E-state index contributed by atoms with van der Waals surface area (Å²) in [7, 11) is -3.72. The lowest BCUT2D eigenvalue weighted by Gasteiger charge is -2.31. The van der Waals surface area contributed by atoms with Gasteiger partial charge in [-0.05, 0) is 43.2 Å². The number of hydrogen-bond acceptors (Lipinski definition) is 9. The zero-order valence-electron chi connectivity index (χ0n) is 19.8. The number of carbonyl (C=O) groups excluding carboxylic acids is 1. The average Bonchev–Trinajstić information content (AvgIpc) is 3.42. The summed E-state index contributed by atoms with van der Waals surface area (Å²) >= 11 is 0. The van der Waals surface area contributed by atoms with Gasteiger partial charge in [0.2, 0.25) is 15.9 Å². The minimum Gasteiger partial charge on any atom is -0.452 e. The van der Waals surface area contributed by atoms with Gasteiger partial charge < -0.3 is 18.8 Å². The molecule has 2 saturated heterocycles. The molecule has 0 saturated carbocycles. The van der Waals surface area contributed by atoms with E-state index >= 15 is 0 Å². The molecule has 11 heteroatoms. The number of benzene rings is 2. The maximum Gasteiger partial charge on any atom is 0.340 e. The number of rotatable bonds is 7. The largest absolute Gasteiger partial charge is 0.452 e. The van der Waals surface area contributed by atoms with Crippen LogP contribution in [0.25, 0.3) is 11.5 Å². The van der Waals surface area contributed by atoms with Crippen LogP contribution < -0.4 is 4.90 Å². The first-order chi connectivity index (χ1) is 17.5. The molecule has 1 aromatic heterocycles. The van der Waals surface area contributed by atoms with Gasteiger partial charge in [0.25, 0.3) is 5.89 Å². The number of carbonyl (C=O) groups is 1. The molecule has 190 valence electrons. The molecular formula is C25H28N4O6S. The fourth-order valence-corrected chi connectivity index (χ4v) is 5.93. The molecule has 0 radical (unpaired) electrons. The number of sulfonamides is 1. The van der Waals surface area contributed by atoms with Crippen LogP contribution in [0.1, 0.15) is 35.5 Å². The molecule has 2 aliphatic heterocycles. The summed E-state index contributed by atoms with van der Waals surface area (Å²) in [4.78, 5) is 15.3. The Kier molecular flexibility index (Phi) is 7.30.